The van der Waals surface area contributed by atoms with Crippen molar-refractivity contribution in [3.8, 4) is 0 Å². The fourth-order valence-electron chi connectivity index (χ4n) is 1.01. The minimum absolute atomic E-state index is 0.0321. The third-order valence-electron chi connectivity index (χ3n) is 1.70. The highest BCUT2D eigenvalue weighted by molar-refractivity contribution is 6.36. The molecule has 0 radical (unpaired) electrons. The largest absolute Gasteiger partial charge is 0.389 e. The van der Waals surface area contributed by atoms with Gasteiger partial charge in [-0.15, -0.1) is 0 Å². The van der Waals surface area contributed by atoms with Crippen LogP contribution in [-0.4, -0.2) is 37.0 Å². The molecule has 3 nitrogen and oxygen atoms in total. The molecule has 0 spiro atoms. The Balaban J connectivity index is 2.22. The molecule has 1 saturated heterocycles. The van der Waals surface area contributed by atoms with Crippen LogP contribution in [0.1, 0.15) is 0 Å². The lowest BCUT2D eigenvalue weighted by Gasteiger charge is -2.13. The molecule has 5 heteroatoms. The van der Waals surface area contributed by atoms with Crippen molar-refractivity contribution in [3.63, 3.8) is 0 Å². The van der Waals surface area contributed by atoms with Crippen LogP contribution in [0.25, 0.3) is 0 Å². The minimum atomic E-state index is -0.440. The van der Waals surface area contributed by atoms with Crippen molar-refractivity contribution in [1.29, 1.82) is 0 Å². The van der Waals surface area contributed by atoms with Gasteiger partial charge in [0.1, 0.15) is 0 Å². The molecule has 1 rings (SSSR count). The van der Waals surface area contributed by atoms with Gasteiger partial charge in [0.25, 0.3) is 0 Å². The molecule has 0 unspecified atom stereocenters. The van der Waals surface area contributed by atoms with Gasteiger partial charge in [0.2, 0.25) is 0 Å². The molecule has 1 aliphatic heterocycles. The smallest absolute Gasteiger partial charge is 0.0948 e. The average Bonchev–Trinajstić information content (AvgIpc) is 2.47. The van der Waals surface area contributed by atoms with Crippen LogP contribution in [0.3, 0.4) is 0 Å². The molecule has 70 valence electrons. The molecule has 0 saturated carbocycles. The first-order valence-electron chi connectivity index (χ1n) is 3.68. The molecule has 0 amide bonds. The Labute approximate surface area is 81.3 Å². The Morgan fingerprint density at radius 2 is 2.42 bits per heavy atom. The van der Waals surface area contributed by atoms with Crippen molar-refractivity contribution in [1.82, 2.24) is 5.32 Å². The van der Waals surface area contributed by atoms with Crippen LogP contribution >= 0.6 is 23.2 Å². The van der Waals surface area contributed by atoms with E-state index in [0.29, 0.717) is 24.8 Å². The highest BCUT2D eigenvalue weighted by Gasteiger charge is 2.25. The normalized spacial score (nSPS) is 31.1. The summed E-state index contributed by atoms with van der Waals surface area (Å²) < 4.78 is 5.03. The summed E-state index contributed by atoms with van der Waals surface area (Å²) in [5.41, 5.74) is 1.30. The first-order valence-corrected chi connectivity index (χ1v) is 4.49. The molecule has 2 N–H and O–H groups in total. The Kier molecular flexibility index (Phi) is 4.32. The van der Waals surface area contributed by atoms with Gasteiger partial charge in [-0.05, 0) is 0 Å². The molecule has 2 atom stereocenters. The van der Waals surface area contributed by atoms with E-state index in [0.717, 1.165) is 0 Å². The van der Waals surface area contributed by atoms with Crippen LogP contribution < -0.4 is 5.32 Å². The molecular formula is C7H11Cl2NO2. The lowest BCUT2D eigenvalue weighted by molar-refractivity contribution is 0.122. The van der Waals surface area contributed by atoms with E-state index in [1.807, 2.05) is 0 Å². The maximum Gasteiger partial charge on any atom is 0.0948 e. The summed E-state index contributed by atoms with van der Waals surface area (Å²) in [6.45, 7) is 1.38. The van der Waals surface area contributed by atoms with E-state index >= 15 is 0 Å². The van der Waals surface area contributed by atoms with Gasteiger partial charge in [-0.25, -0.2) is 0 Å². The zero-order valence-electron chi connectivity index (χ0n) is 6.46. The average molecular weight is 212 g/mol. The van der Waals surface area contributed by atoms with Gasteiger partial charge in [0, 0.05) is 17.1 Å². The van der Waals surface area contributed by atoms with E-state index in [-0.39, 0.29) is 6.04 Å². The molecule has 1 heterocycles. The summed E-state index contributed by atoms with van der Waals surface area (Å²) in [6.07, 6.45) is -0.440. The second kappa shape index (κ2) is 5.04. The van der Waals surface area contributed by atoms with Gasteiger partial charge in [-0.1, -0.05) is 23.2 Å². The molecule has 0 aromatic rings. The summed E-state index contributed by atoms with van der Waals surface area (Å²) in [4.78, 5) is 0. The van der Waals surface area contributed by atoms with Crippen molar-refractivity contribution < 1.29 is 9.84 Å². The first kappa shape index (κ1) is 10.3. The number of rotatable bonds is 3. The molecular weight excluding hydrogens is 201 g/mol. The highest BCUT2D eigenvalue weighted by atomic mass is 35.5. The zero-order valence-corrected chi connectivity index (χ0v) is 7.98. The van der Waals surface area contributed by atoms with Gasteiger partial charge < -0.3 is 15.2 Å². The van der Waals surface area contributed by atoms with E-state index < -0.39 is 6.10 Å². The topological polar surface area (TPSA) is 41.5 Å². The fourth-order valence-corrected chi connectivity index (χ4v) is 1.16. The predicted octanol–water partition coefficient (Wildman–Crippen LogP) is 0.655. The van der Waals surface area contributed by atoms with Gasteiger partial charge in [0.15, 0.2) is 0 Å². The van der Waals surface area contributed by atoms with Crippen LogP contribution in [0, 0.1) is 0 Å². The van der Waals surface area contributed by atoms with Crippen molar-refractivity contribution in [3.05, 3.63) is 10.6 Å². The molecule has 0 aromatic carbocycles. The number of hydrogen-bond acceptors (Lipinski definition) is 3. The minimum Gasteiger partial charge on any atom is -0.389 e. The monoisotopic (exact) mass is 211 g/mol. The van der Waals surface area contributed by atoms with Crippen molar-refractivity contribution in [2.24, 2.45) is 0 Å². The summed E-state index contributed by atoms with van der Waals surface area (Å²) in [7, 11) is 0. The van der Waals surface area contributed by atoms with Crippen molar-refractivity contribution in [2.45, 2.75) is 12.1 Å². The Morgan fingerprint density at radius 3 is 2.92 bits per heavy atom. The predicted molar refractivity (Wildman–Crippen MR) is 48.4 cm³/mol. The number of aliphatic hydroxyl groups excluding tert-OH is 1. The SMILES string of the molecule is O[C@@H]1COC[C@H]1NC/C(Cl)=C/Cl. The van der Waals surface area contributed by atoms with Gasteiger partial charge >= 0.3 is 0 Å². The van der Waals surface area contributed by atoms with E-state index in [1.165, 1.54) is 5.54 Å². The summed E-state index contributed by atoms with van der Waals surface area (Å²) in [5.74, 6) is 0. The summed E-state index contributed by atoms with van der Waals surface area (Å²) >= 11 is 11.0. The fraction of sp³-hybridized carbons (Fsp3) is 0.714. The molecule has 0 aliphatic carbocycles. The van der Waals surface area contributed by atoms with Crippen LogP contribution in [0.2, 0.25) is 0 Å². The van der Waals surface area contributed by atoms with Gasteiger partial charge in [-0.2, -0.15) is 0 Å². The number of nitrogens with one attached hydrogen (secondary N) is 1. The summed E-state index contributed by atoms with van der Waals surface area (Å²) in [5, 5.41) is 12.8. The third-order valence-corrected chi connectivity index (χ3v) is 2.32. The molecule has 12 heavy (non-hydrogen) atoms. The number of ether oxygens (including phenoxy) is 1. The Bertz CT molecular complexity index is 175. The number of halogens is 2. The van der Waals surface area contributed by atoms with Crippen LogP contribution in [0.15, 0.2) is 10.6 Å². The van der Waals surface area contributed by atoms with E-state index in [4.69, 9.17) is 27.9 Å². The quantitative estimate of drug-likeness (QED) is 0.721. The second-order valence-electron chi connectivity index (χ2n) is 2.65. The highest BCUT2D eigenvalue weighted by Crippen LogP contribution is 2.07. The van der Waals surface area contributed by atoms with Crippen molar-refractivity contribution >= 4 is 23.2 Å². The molecule has 1 aliphatic rings. The standard InChI is InChI=1S/C7H11Cl2NO2/c8-1-5(9)2-10-6-3-12-4-7(6)11/h1,6-7,10-11H,2-4H2/b5-1-/t6-,7-/m1/s1. The van der Waals surface area contributed by atoms with Crippen LogP contribution in [-0.2, 0) is 4.74 Å². The molecule has 1 fully saturated rings. The van der Waals surface area contributed by atoms with Crippen LogP contribution in [0.4, 0.5) is 0 Å². The Hall–Kier alpha value is 0.200. The first-order chi connectivity index (χ1) is 5.74. The van der Waals surface area contributed by atoms with Gasteiger partial charge in [0.05, 0.1) is 25.4 Å². The zero-order chi connectivity index (χ0) is 8.97. The Morgan fingerprint density at radius 1 is 1.67 bits per heavy atom. The van der Waals surface area contributed by atoms with Crippen molar-refractivity contribution in [2.75, 3.05) is 19.8 Å². The number of aliphatic hydroxyl groups is 1. The lowest BCUT2D eigenvalue weighted by Crippen LogP contribution is -2.39. The second-order valence-corrected chi connectivity index (χ2v) is 3.35. The maximum atomic E-state index is 9.29. The molecule has 0 aromatic heterocycles. The summed E-state index contributed by atoms with van der Waals surface area (Å²) in [6, 6.07) is -0.0321. The number of hydrogen-bond donors (Lipinski definition) is 2. The van der Waals surface area contributed by atoms with E-state index in [9.17, 15) is 5.11 Å². The van der Waals surface area contributed by atoms with Crippen LogP contribution in [0.5, 0.6) is 0 Å². The third kappa shape index (κ3) is 2.92. The maximum absolute atomic E-state index is 9.29. The van der Waals surface area contributed by atoms with E-state index in [1.54, 1.807) is 0 Å². The lowest BCUT2D eigenvalue weighted by atomic mass is 10.2. The van der Waals surface area contributed by atoms with E-state index in [2.05, 4.69) is 5.32 Å². The van der Waals surface area contributed by atoms with Gasteiger partial charge in [-0.3, -0.25) is 0 Å². The molecule has 0 bridgehead atoms.